The van der Waals surface area contributed by atoms with E-state index in [0.717, 1.165) is 6.07 Å². The molecule has 0 radical (unpaired) electrons. The number of aldehydes is 1. The zero-order valence-electron chi connectivity index (χ0n) is 6.63. The van der Waals surface area contributed by atoms with Gasteiger partial charge in [0, 0.05) is 16.8 Å². The fraction of sp³-hybridized carbons (Fsp3) is 0.125. The largest absolute Gasteiger partial charge is 0.324 e. The molecule has 0 aliphatic rings. The number of carbonyl (C=O) groups is 1. The van der Waals surface area contributed by atoms with Gasteiger partial charge in [-0.3, -0.25) is 10.6 Å². The Balaban J connectivity index is 3.17. The van der Waals surface area contributed by atoms with Crippen molar-refractivity contribution in [3.63, 3.8) is 0 Å². The minimum Gasteiger partial charge on any atom is -0.324 e. The molecule has 5 heteroatoms. The van der Waals surface area contributed by atoms with Crippen LogP contribution in [0, 0.1) is 0 Å². The summed E-state index contributed by atoms with van der Waals surface area (Å²) >= 11 is 0. The van der Waals surface area contributed by atoms with E-state index in [-0.39, 0.29) is 11.1 Å². The highest BCUT2D eigenvalue weighted by molar-refractivity contribution is 5.78. The second-order valence-electron chi connectivity index (χ2n) is 2.41. The molecule has 0 fully saturated rings. The molecule has 0 saturated carbocycles. The summed E-state index contributed by atoms with van der Waals surface area (Å²) in [4.78, 5) is 10.3. The van der Waals surface area contributed by atoms with Crippen LogP contribution in [0.4, 0.5) is 14.5 Å². The van der Waals surface area contributed by atoms with Crippen LogP contribution >= 0.6 is 0 Å². The predicted molar refractivity (Wildman–Crippen MR) is 44.6 cm³/mol. The van der Waals surface area contributed by atoms with E-state index in [1.54, 1.807) is 0 Å². The van der Waals surface area contributed by atoms with E-state index in [1.807, 2.05) is 0 Å². The maximum atomic E-state index is 12.3. The molecule has 70 valence electrons. The molecule has 0 heterocycles. The number of benzene rings is 1. The molecule has 0 amide bonds. The third kappa shape index (κ3) is 2.00. The smallest absolute Gasteiger partial charge is 0.264 e. The van der Waals surface area contributed by atoms with Crippen molar-refractivity contribution in [3.05, 3.63) is 29.3 Å². The Bertz CT molecular complexity index is 315. The van der Waals surface area contributed by atoms with E-state index >= 15 is 0 Å². The Hall–Kier alpha value is -1.49. The number of alkyl halides is 2. The van der Waals surface area contributed by atoms with Crippen LogP contribution < -0.4 is 11.3 Å². The van der Waals surface area contributed by atoms with Crippen LogP contribution in [0.2, 0.25) is 0 Å². The SMILES string of the molecule is NNc1ccc(C=O)c(C(F)F)c1. The second-order valence-corrected chi connectivity index (χ2v) is 2.41. The monoisotopic (exact) mass is 186 g/mol. The van der Waals surface area contributed by atoms with E-state index in [4.69, 9.17) is 5.84 Å². The maximum Gasteiger partial charge on any atom is 0.264 e. The van der Waals surface area contributed by atoms with E-state index in [9.17, 15) is 13.6 Å². The first-order chi connectivity index (χ1) is 6.19. The molecule has 0 aliphatic heterocycles. The van der Waals surface area contributed by atoms with E-state index in [0.29, 0.717) is 12.0 Å². The van der Waals surface area contributed by atoms with Gasteiger partial charge in [0.05, 0.1) is 0 Å². The van der Waals surface area contributed by atoms with Gasteiger partial charge < -0.3 is 5.43 Å². The van der Waals surface area contributed by atoms with Gasteiger partial charge in [-0.25, -0.2) is 8.78 Å². The molecule has 0 unspecified atom stereocenters. The summed E-state index contributed by atoms with van der Waals surface area (Å²) < 4.78 is 24.6. The highest BCUT2D eigenvalue weighted by atomic mass is 19.3. The fourth-order valence-corrected chi connectivity index (χ4v) is 0.961. The molecule has 1 aromatic carbocycles. The third-order valence-corrected chi connectivity index (χ3v) is 1.62. The Morgan fingerprint density at radius 3 is 2.62 bits per heavy atom. The molecule has 0 aromatic heterocycles. The number of hydrazine groups is 1. The summed E-state index contributed by atoms with van der Waals surface area (Å²) in [6.45, 7) is 0. The van der Waals surface area contributed by atoms with Gasteiger partial charge in [0.1, 0.15) is 0 Å². The van der Waals surface area contributed by atoms with Crippen molar-refractivity contribution >= 4 is 12.0 Å². The van der Waals surface area contributed by atoms with Crippen LogP contribution in [0.15, 0.2) is 18.2 Å². The average Bonchev–Trinajstić information content (AvgIpc) is 2.16. The van der Waals surface area contributed by atoms with E-state index < -0.39 is 6.43 Å². The predicted octanol–water partition coefficient (Wildman–Crippen LogP) is 1.72. The zero-order chi connectivity index (χ0) is 9.84. The number of hydrogen-bond acceptors (Lipinski definition) is 3. The van der Waals surface area contributed by atoms with Gasteiger partial charge in [-0.1, -0.05) is 0 Å². The highest BCUT2D eigenvalue weighted by Gasteiger charge is 2.12. The van der Waals surface area contributed by atoms with Gasteiger partial charge in [-0.05, 0) is 18.2 Å². The van der Waals surface area contributed by atoms with Crippen LogP contribution in [-0.4, -0.2) is 6.29 Å². The Labute approximate surface area is 73.5 Å². The third-order valence-electron chi connectivity index (χ3n) is 1.62. The summed E-state index contributed by atoms with van der Waals surface area (Å²) in [5, 5.41) is 0. The molecule has 0 saturated heterocycles. The Morgan fingerprint density at radius 1 is 1.46 bits per heavy atom. The standard InChI is InChI=1S/C8H8F2N2O/c9-8(10)7-3-6(12-11)2-1-5(7)4-13/h1-4,8,12H,11H2. The molecule has 3 nitrogen and oxygen atoms in total. The van der Waals surface area contributed by atoms with E-state index in [2.05, 4.69) is 5.43 Å². The van der Waals surface area contributed by atoms with Crippen LogP contribution in [-0.2, 0) is 0 Å². The van der Waals surface area contributed by atoms with Gasteiger partial charge >= 0.3 is 0 Å². The van der Waals surface area contributed by atoms with Crippen molar-refractivity contribution in [1.82, 2.24) is 0 Å². The molecule has 0 aliphatic carbocycles. The Morgan fingerprint density at radius 2 is 2.15 bits per heavy atom. The molecular formula is C8H8F2N2O. The number of nitrogen functional groups attached to an aromatic ring is 1. The summed E-state index contributed by atoms with van der Waals surface area (Å²) in [7, 11) is 0. The number of nitrogens with two attached hydrogens (primary N) is 1. The van der Waals surface area contributed by atoms with Crippen LogP contribution in [0.1, 0.15) is 22.3 Å². The van der Waals surface area contributed by atoms with Crippen molar-refractivity contribution in [2.75, 3.05) is 5.43 Å². The summed E-state index contributed by atoms with van der Waals surface area (Å²) in [5.74, 6) is 5.03. The molecule has 3 N–H and O–H groups in total. The number of nitrogens with one attached hydrogen (secondary N) is 1. The van der Waals surface area contributed by atoms with Crippen LogP contribution in [0.5, 0.6) is 0 Å². The topological polar surface area (TPSA) is 55.1 Å². The number of anilines is 1. The fourth-order valence-electron chi connectivity index (χ4n) is 0.961. The van der Waals surface area contributed by atoms with Gasteiger partial charge in [-0.2, -0.15) is 0 Å². The van der Waals surface area contributed by atoms with Gasteiger partial charge in [0.15, 0.2) is 6.29 Å². The number of halogens is 2. The highest BCUT2D eigenvalue weighted by Crippen LogP contribution is 2.24. The lowest BCUT2D eigenvalue weighted by Gasteiger charge is -2.06. The second kappa shape index (κ2) is 3.95. The van der Waals surface area contributed by atoms with Crippen molar-refractivity contribution in [2.24, 2.45) is 5.84 Å². The molecule has 0 spiro atoms. The van der Waals surface area contributed by atoms with Crippen LogP contribution in [0.25, 0.3) is 0 Å². The lowest BCUT2D eigenvalue weighted by Crippen LogP contribution is -2.07. The van der Waals surface area contributed by atoms with Crippen LogP contribution in [0.3, 0.4) is 0 Å². The van der Waals surface area contributed by atoms with E-state index in [1.165, 1.54) is 12.1 Å². The number of rotatable bonds is 3. The zero-order valence-corrected chi connectivity index (χ0v) is 6.63. The Kier molecular flexibility index (Phi) is 2.92. The minimum absolute atomic E-state index is 0.0194. The normalized spacial score (nSPS) is 10.2. The average molecular weight is 186 g/mol. The molecule has 0 atom stereocenters. The van der Waals surface area contributed by atoms with Crippen molar-refractivity contribution < 1.29 is 13.6 Å². The van der Waals surface area contributed by atoms with Crippen molar-refractivity contribution in [2.45, 2.75) is 6.43 Å². The first-order valence-electron chi connectivity index (χ1n) is 3.53. The summed E-state index contributed by atoms with van der Waals surface area (Å²) in [6.07, 6.45) is -2.28. The van der Waals surface area contributed by atoms with Gasteiger partial charge in [0.25, 0.3) is 6.43 Å². The number of hydrogen-bond donors (Lipinski definition) is 2. The first kappa shape index (κ1) is 9.60. The molecule has 0 bridgehead atoms. The molecular weight excluding hydrogens is 178 g/mol. The number of carbonyl (C=O) groups excluding carboxylic acids is 1. The summed E-state index contributed by atoms with van der Waals surface area (Å²) in [6, 6.07) is 3.90. The molecule has 1 rings (SSSR count). The summed E-state index contributed by atoms with van der Waals surface area (Å²) in [5.41, 5.74) is 2.24. The quantitative estimate of drug-likeness (QED) is 0.429. The first-order valence-corrected chi connectivity index (χ1v) is 3.53. The van der Waals surface area contributed by atoms with Crippen molar-refractivity contribution in [1.29, 1.82) is 0 Å². The maximum absolute atomic E-state index is 12.3. The lowest BCUT2D eigenvalue weighted by molar-refractivity contribution is 0.110. The van der Waals surface area contributed by atoms with Gasteiger partial charge in [-0.15, -0.1) is 0 Å². The molecule has 13 heavy (non-hydrogen) atoms. The molecule has 1 aromatic rings. The lowest BCUT2D eigenvalue weighted by atomic mass is 10.1. The van der Waals surface area contributed by atoms with Gasteiger partial charge in [0.2, 0.25) is 0 Å². The minimum atomic E-state index is -2.67. The van der Waals surface area contributed by atoms with Crippen molar-refractivity contribution in [3.8, 4) is 0 Å².